The van der Waals surface area contributed by atoms with Crippen LogP contribution in [-0.4, -0.2) is 78.7 Å². The smallest absolute Gasteiger partial charge is 0.246 e. The molecule has 0 fully saturated rings. The van der Waals surface area contributed by atoms with Crippen molar-refractivity contribution >= 4 is 17.7 Å². The second-order valence-electron chi connectivity index (χ2n) is 10.6. The van der Waals surface area contributed by atoms with Gasteiger partial charge in [-0.05, 0) is 42.9 Å². The van der Waals surface area contributed by atoms with Crippen molar-refractivity contribution in [3.05, 3.63) is 65.7 Å². The number of amides is 3. The Morgan fingerprint density at radius 3 is 2.40 bits per heavy atom. The number of carbonyl (C=O) groups excluding carboxylic acids is 3. The van der Waals surface area contributed by atoms with Crippen LogP contribution in [0, 0.1) is 5.92 Å². The van der Waals surface area contributed by atoms with E-state index in [0.29, 0.717) is 32.5 Å². The number of fused-ring (bicyclic) bond motifs is 1. The molecule has 2 unspecified atom stereocenters. The quantitative estimate of drug-likeness (QED) is 0.451. The number of likely N-dealkylation sites (N-methyl/N-ethyl adjacent to an activating group) is 1. The van der Waals surface area contributed by atoms with Crippen LogP contribution in [0.2, 0.25) is 0 Å². The molecule has 0 aromatic heterocycles. The number of aliphatic hydroxyl groups is 1. The fourth-order valence-electron chi connectivity index (χ4n) is 5.00. The van der Waals surface area contributed by atoms with E-state index >= 15 is 0 Å². The molecule has 0 saturated heterocycles. The Balaban J connectivity index is 1.92. The van der Waals surface area contributed by atoms with Gasteiger partial charge in [0, 0.05) is 26.6 Å². The van der Waals surface area contributed by atoms with Crippen LogP contribution in [-0.2, 0) is 27.2 Å². The number of nitrogens with one attached hydrogen (secondary N) is 3. The monoisotopic (exact) mass is 552 g/mol. The molecule has 0 spiro atoms. The predicted molar refractivity (Wildman–Crippen MR) is 155 cm³/mol. The molecule has 1 heterocycles. The van der Waals surface area contributed by atoms with Crippen LogP contribution in [0.3, 0.4) is 0 Å². The summed E-state index contributed by atoms with van der Waals surface area (Å²) in [6.07, 6.45) is 1.27. The summed E-state index contributed by atoms with van der Waals surface area (Å²) < 4.78 is 6.06. The highest BCUT2D eigenvalue weighted by molar-refractivity contribution is 5.93. The maximum Gasteiger partial charge on any atom is 0.246 e. The molecule has 3 amide bonds. The van der Waals surface area contributed by atoms with E-state index in [4.69, 9.17) is 4.74 Å². The molecule has 0 aliphatic carbocycles. The minimum atomic E-state index is -1.17. The molecule has 1 aliphatic rings. The van der Waals surface area contributed by atoms with E-state index in [-0.39, 0.29) is 24.2 Å². The molecule has 1 aliphatic heterocycles. The van der Waals surface area contributed by atoms with Crippen molar-refractivity contribution in [3.63, 3.8) is 0 Å². The van der Waals surface area contributed by atoms with E-state index in [1.54, 1.807) is 0 Å². The van der Waals surface area contributed by atoms with Gasteiger partial charge in [0.1, 0.15) is 24.4 Å². The normalized spacial score (nSPS) is 23.5. The number of aryl methyl sites for hydroxylation is 1. The summed E-state index contributed by atoms with van der Waals surface area (Å²) in [5.41, 5.74) is 1.93. The molecular formula is C31H44N4O5. The van der Waals surface area contributed by atoms with Gasteiger partial charge in [-0.2, -0.15) is 0 Å². The molecule has 40 heavy (non-hydrogen) atoms. The average molecular weight is 553 g/mol. The van der Waals surface area contributed by atoms with Crippen molar-refractivity contribution in [1.29, 1.82) is 0 Å². The van der Waals surface area contributed by atoms with Crippen molar-refractivity contribution in [2.24, 2.45) is 5.92 Å². The van der Waals surface area contributed by atoms with Crippen LogP contribution in [0.4, 0.5) is 0 Å². The number of rotatable bonds is 5. The van der Waals surface area contributed by atoms with Crippen LogP contribution in [0.5, 0.6) is 5.75 Å². The topological polar surface area (TPSA) is 120 Å². The lowest BCUT2D eigenvalue weighted by Gasteiger charge is -2.35. The first kappa shape index (κ1) is 31.1. The largest absolute Gasteiger partial charge is 0.492 e. The van der Waals surface area contributed by atoms with Crippen LogP contribution >= 0.6 is 0 Å². The summed E-state index contributed by atoms with van der Waals surface area (Å²) >= 11 is 0. The van der Waals surface area contributed by atoms with Gasteiger partial charge in [0.15, 0.2) is 0 Å². The third-order valence-electron chi connectivity index (χ3n) is 7.50. The van der Waals surface area contributed by atoms with E-state index in [1.807, 2.05) is 68.4 Å². The van der Waals surface area contributed by atoms with Crippen LogP contribution in [0.15, 0.2) is 54.6 Å². The Labute approximate surface area is 237 Å². The lowest BCUT2D eigenvalue weighted by Crippen LogP contribution is -2.61. The summed E-state index contributed by atoms with van der Waals surface area (Å²) in [5, 5.41) is 19.7. The number of carbonyl (C=O) groups is 3. The van der Waals surface area contributed by atoms with Gasteiger partial charge in [0.25, 0.3) is 0 Å². The molecule has 9 heteroatoms. The second kappa shape index (κ2) is 15.4. The average Bonchev–Trinajstić information content (AvgIpc) is 2.94. The Morgan fingerprint density at radius 2 is 1.70 bits per heavy atom. The van der Waals surface area contributed by atoms with Gasteiger partial charge in [-0.25, -0.2) is 0 Å². The second-order valence-corrected chi connectivity index (χ2v) is 10.6. The van der Waals surface area contributed by atoms with E-state index < -0.39 is 30.1 Å². The maximum absolute atomic E-state index is 13.7. The molecule has 5 atom stereocenters. The van der Waals surface area contributed by atoms with E-state index in [0.717, 1.165) is 23.3 Å². The summed E-state index contributed by atoms with van der Waals surface area (Å²) in [7, 11) is 1.52. The number of nitrogens with zero attached hydrogens (tertiary/aromatic N) is 1. The zero-order chi connectivity index (χ0) is 29.1. The molecule has 9 nitrogen and oxygen atoms in total. The zero-order valence-electron chi connectivity index (χ0n) is 24.1. The Hall–Kier alpha value is -3.43. The first-order chi connectivity index (χ1) is 19.2. The van der Waals surface area contributed by atoms with Gasteiger partial charge in [-0.1, -0.05) is 68.8 Å². The Kier molecular flexibility index (Phi) is 12.0. The minimum Gasteiger partial charge on any atom is -0.492 e. The maximum atomic E-state index is 13.7. The van der Waals surface area contributed by atoms with Gasteiger partial charge in [0.05, 0.1) is 12.1 Å². The predicted octanol–water partition coefficient (Wildman–Crippen LogP) is 2.07. The molecule has 218 valence electrons. The lowest BCUT2D eigenvalue weighted by atomic mass is 9.96. The standard InChI is InChI=1S/C31H44N4O5/c1-5-21(2)27-31(39)35(4)28(22(3)36)30(38)34-25(20-23-12-7-6-8-13-23)29(37)33-17-11-15-24-14-9-10-16-26(24)40-19-18-32-27/h6-10,12-14,16,21-22,25,27-28,32,36H,5,11,15,17-20H2,1-4H3,(H,33,37)(H,34,38)/t21?,22?,25-,27+,28+/m1/s1. The Bertz CT molecular complexity index is 1110. The van der Waals surface area contributed by atoms with E-state index in [2.05, 4.69) is 16.0 Å². The summed E-state index contributed by atoms with van der Waals surface area (Å²) in [6.45, 7) is 6.67. The van der Waals surface area contributed by atoms with E-state index in [1.165, 1.54) is 18.9 Å². The number of hydrogen-bond acceptors (Lipinski definition) is 6. The first-order valence-corrected chi connectivity index (χ1v) is 14.2. The highest BCUT2D eigenvalue weighted by Crippen LogP contribution is 2.20. The van der Waals surface area contributed by atoms with Gasteiger partial charge >= 0.3 is 0 Å². The first-order valence-electron chi connectivity index (χ1n) is 14.2. The third-order valence-corrected chi connectivity index (χ3v) is 7.50. The zero-order valence-corrected chi connectivity index (χ0v) is 24.1. The van der Waals surface area contributed by atoms with Gasteiger partial charge < -0.3 is 30.7 Å². The van der Waals surface area contributed by atoms with Crippen LogP contribution < -0.4 is 20.7 Å². The summed E-state index contributed by atoms with van der Waals surface area (Å²) in [6, 6.07) is 14.6. The van der Waals surface area contributed by atoms with Gasteiger partial charge in [0.2, 0.25) is 17.7 Å². The molecule has 4 N–H and O–H groups in total. The Morgan fingerprint density at radius 1 is 1.00 bits per heavy atom. The molecule has 3 rings (SSSR count). The summed E-state index contributed by atoms with van der Waals surface area (Å²) in [4.78, 5) is 41.8. The highest BCUT2D eigenvalue weighted by atomic mass is 16.5. The van der Waals surface area contributed by atoms with Crippen molar-refractivity contribution in [3.8, 4) is 5.75 Å². The van der Waals surface area contributed by atoms with Gasteiger partial charge in [-0.3, -0.25) is 14.4 Å². The minimum absolute atomic E-state index is 0.0258. The number of benzene rings is 2. The third kappa shape index (κ3) is 8.53. The molecule has 0 bridgehead atoms. The van der Waals surface area contributed by atoms with Gasteiger partial charge in [-0.15, -0.1) is 0 Å². The van der Waals surface area contributed by atoms with Crippen molar-refractivity contribution in [2.75, 3.05) is 26.7 Å². The molecular weight excluding hydrogens is 508 g/mol. The van der Waals surface area contributed by atoms with Crippen LogP contribution in [0.25, 0.3) is 0 Å². The molecule has 2 aromatic rings. The van der Waals surface area contributed by atoms with E-state index in [9.17, 15) is 19.5 Å². The van der Waals surface area contributed by atoms with Crippen molar-refractivity contribution < 1.29 is 24.2 Å². The number of hydrogen-bond donors (Lipinski definition) is 4. The van der Waals surface area contributed by atoms with Crippen molar-refractivity contribution in [1.82, 2.24) is 20.9 Å². The lowest BCUT2D eigenvalue weighted by molar-refractivity contribution is -0.146. The fraction of sp³-hybridized carbons (Fsp3) is 0.516. The highest BCUT2D eigenvalue weighted by Gasteiger charge is 2.37. The molecule has 0 saturated carbocycles. The molecule has 0 radical (unpaired) electrons. The van der Waals surface area contributed by atoms with Crippen LogP contribution in [0.1, 0.15) is 44.7 Å². The fourth-order valence-corrected chi connectivity index (χ4v) is 5.00. The SMILES string of the molecule is CCC(C)[C@@H]1NCCOc2ccccc2CCCNC(=O)[C@@H](Cc2ccccc2)NC(=O)[C@H](C(C)O)N(C)C1=O. The number of para-hydroxylation sites is 1. The number of ether oxygens (including phenoxy) is 1. The summed E-state index contributed by atoms with van der Waals surface area (Å²) in [5.74, 6) is -0.449. The molecule has 2 aromatic carbocycles. The number of aliphatic hydroxyl groups excluding tert-OH is 1. The van der Waals surface area contributed by atoms with Crippen molar-refractivity contribution in [2.45, 2.75) is 70.7 Å².